The van der Waals surface area contributed by atoms with Crippen LogP contribution in [-0.4, -0.2) is 0 Å². The van der Waals surface area contributed by atoms with Crippen LogP contribution in [-0.2, 0) is 0 Å². The lowest BCUT2D eigenvalue weighted by molar-refractivity contribution is 0.880. The van der Waals surface area contributed by atoms with E-state index in [4.69, 9.17) is 12.8 Å². The van der Waals surface area contributed by atoms with Gasteiger partial charge in [0.2, 0.25) is 0 Å². The fourth-order valence-corrected chi connectivity index (χ4v) is 1.12. The lowest BCUT2D eigenvalue weighted by Crippen LogP contribution is -1.87. The van der Waals surface area contributed by atoms with E-state index in [0.29, 0.717) is 0 Å². The Kier molecular flexibility index (Phi) is 5.94. The van der Waals surface area contributed by atoms with Gasteiger partial charge in [0, 0.05) is 11.1 Å². The number of hydrogen-bond acceptors (Lipinski definition) is 0. The first-order valence-electron chi connectivity index (χ1n) is 4.45. The monoisotopic (exact) mass is 160 g/mol. The Morgan fingerprint density at radius 3 is 1.42 bits per heavy atom. The molecule has 0 unspecified atom stereocenters. The van der Waals surface area contributed by atoms with Crippen molar-refractivity contribution in [1.82, 2.24) is 0 Å². The van der Waals surface area contributed by atoms with Gasteiger partial charge in [-0.15, -0.1) is 12.8 Å². The van der Waals surface area contributed by atoms with Crippen LogP contribution in [0.15, 0.2) is 11.1 Å². The summed E-state index contributed by atoms with van der Waals surface area (Å²) < 4.78 is 0. The van der Waals surface area contributed by atoms with Crippen LogP contribution >= 0.6 is 0 Å². The highest BCUT2D eigenvalue weighted by atomic mass is 14.0. The third-order valence-corrected chi connectivity index (χ3v) is 1.71. The van der Waals surface area contributed by atoms with E-state index in [1.54, 1.807) is 0 Å². The highest BCUT2D eigenvalue weighted by Gasteiger charge is 1.99. The van der Waals surface area contributed by atoms with Crippen molar-refractivity contribution in [2.75, 3.05) is 0 Å². The van der Waals surface area contributed by atoms with Crippen molar-refractivity contribution in [2.24, 2.45) is 0 Å². The molecule has 0 nitrogen and oxygen atoms in total. The summed E-state index contributed by atoms with van der Waals surface area (Å²) in [5.41, 5.74) is 2.03. The Morgan fingerprint density at radius 1 is 0.917 bits per heavy atom. The summed E-state index contributed by atoms with van der Waals surface area (Å²) in [5, 5.41) is 0. The maximum absolute atomic E-state index is 5.36. The lowest BCUT2D eigenvalue weighted by Gasteiger charge is -2.02. The molecule has 0 rings (SSSR count). The van der Waals surface area contributed by atoms with Crippen molar-refractivity contribution < 1.29 is 0 Å². The van der Waals surface area contributed by atoms with E-state index in [1.807, 2.05) is 0 Å². The van der Waals surface area contributed by atoms with E-state index < -0.39 is 0 Å². The van der Waals surface area contributed by atoms with E-state index in [1.165, 1.54) is 0 Å². The average molecular weight is 160 g/mol. The van der Waals surface area contributed by atoms with Gasteiger partial charge in [-0.1, -0.05) is 38.5 Å². The molecule has 0 heteroatoms. The molecule has 0 spiro atoms. The topological polar surface area (TPSA) is 0 Å². The highest BCUT2D eigenvalue weighted by molar-refractivity contribution is 5.40. The zero-order valence-corrected chi connectivity index (χ0v) is 7.98. The van der Waals surface area contributed by atoms with Gasteiger partial charge >= 0.3 is 0 Å². The second-order valence-electron chi connectivity index (χ2n) is 2.75. The molecule has 0 aromatic carbocycles. The first kappa shape index (κ1) is 10.9. The SMILES string of the molecule is C#C/C(CCC)=C(\C#C)CCC. The highest BCUT2D eigenvalue weighted by Crippen LogP contribution is 2.14. The number of rotatable bonds is 4. The van der Waals surface area contributed by atoms with Crippen LogP contribution in [0.4, 0.5) is 0 Å². The molecule has 12 heavy (non-hydrogen) atoms. The first-order chi connectivity index (χ1) is 5.79. The summed E-state index contributed by atoms with van der Waals surface area (Å²) >= 11 is 0. The van der Waals surface area contributed by atoms with Crippen molar-refractivity contribution in [3.63, 3.8) is 0 Å². The fraction of sp³-hybridized carbons (Fsp3) is 0.500. The Morgan fingerprint density at radius 2 is 1.25 bits per heavy atom. The van der Waals surface area contributed by atoms with Gasteiger partial charge < -0.3 is 0 Å². The third-order valence-electron chi connectivity index (χ3n) is 1.71. The van der Waals surface area contributed by atoms with Crippen LogP contribution < -0.4 is 0 Å². The molecule has 64 valence electrons. The zero-order chi connectivity index (χ0) is 9.40. The van der Waals surface area contributed by atoms with Gasteiger partial charge in [-0.2, -0.15) is 0 Å². The molecular formula is C12H16. The summed E-state index contributed by atoms with van der Waals surface area (Å²) in [6, 6.07) is 0. The molecule has 0 aliphatic carbocycles. The van der Waals surface area contributed by atoms with Gasteiger partial charge in [0.15, 0.2) is 0 Å². The predicted molar refractivity (Wildman–Crippen MR) is 54.5 cm³/mol. The first-order valence-corrected chi connectivity index (χ1v) is 4.45. The molecule has 0 fully saturated rings. The van der Waals surface area contributed by atoms with Gasteiger partial charge in [0.25, 0.3) is 0 Å². The third kappa shape index (κ3) is 3.31. The minimum atomic E-state index is 0.941. The van der Waals surface area contributed by atoms with Gasteiger partial charge in [-0.3, -0.25) is 0 Å². The zero-order valence-electron chi connectivity index (χ0n) is 7.98. The van der Waals surface area contributed by atoms with Crippen molar-refractivity contribution in [3.8, 4) is 24.7 Å². The molecule has 0 heterocycles. The Labute approximate surface area is 76.1 Å². The number of allylic oxidation sites excluding steroid dienone is 2. The summed E-state index contributed by atoms with van der Waals surface area (Å²) in [6.07, 6.45) is 14.7. The van der Waals surface area contributed by atoms with Crippen LogP contribution in [0.5, 0.6) is 0 Å². The maximum Gasteiger partial charge on any atom is 0.0133 e. The molecule has 0 radical (unpaired) electrons. The molecule has 0 aromatic rings. The summed E-state index contributed by atoms with van der Waals surface area (Å²) in [4.78, 5) is 0. The van der Waals surface area contributed by atoms with Crippen LogP contribution in [0.25, 0.3) is 0 Å². The van der Waals surface area contributed by atoms with Crippen molar-refractivity contribution >= 4 is 0 Å². The molecule has 0 aromatic heterocycles. The van der Waals surface area contributed by atoms with Crippen molar-refractivity contribution in [3.05, 3.63) is 11.1 Å². The van der Waals surface area contributed by atoms with Gasteiger partial charge in [0.05, 0.1) is 0 Å². The Bertz CT molecular complexity index is 204. The summed E-state index contributed by atoms with van der Waals surface area (Å²) in [7, 11) is 0. The maximum atomic E-state index is 5.36. The molecule has 0 aliphatic heterocycles. The van der Waals surface area contributed by atoms with Crippen molar-refractivity contribution in [2.45, 2.75) is 39.5 Å². The summed E-state index contributed by atoms with van der Waals surface area (Å²) in [5.74, 6) is 5.35. The standard InChI is InChI=1S/C12H16/c1-5-9-11(7-3)12(8-4)10-6-2/h3-4H,5-6,9-10H2,1-2H3/b12-11-. The smallest absolute Gasteiger partial charge is 0.0133 e. The van der Waals surface area contributed by atoms with Gasteiger partial charge in [-0.25, -0.2) is 0 Å². The molecule has 0 N–H and O–H groups in total. The van der Waals surface area contributed by atoms with E-state index in [0.717, 1.165) is 36.8 Å². The Balaban J connectivity index is 4.56. The molecular weight excluding hydrogens is 144 g/mol. The lowest BCUT2D eigenvalue weighted by atomic mass is 10.0. The second-order valence-corrected chi connectivity index (χ2v) is 2.75. The van der Waals surface area contributed by atoms with E-state index in [2.05, 4.69) is 25.7 Å². The van der Waals surface area contributed by atoms with Gasteiger partial charge in [-0.05, 0) is 12.8 Å². The average Bonchev–Trinajstić information content (AvgIpc) is 2.11. The van der Waals surface area contributed by atoms with Gasteiger partial charge in [0.1, 0.15) is 0 Å². The molecule has 0 bridgehead atoms. The fourth-order valence-electron chi connectivity index (χ4n) is 1.12. The predicted octanol–water partition coefficient (Wildman–Crippen LogP) is 3.15. The molecule has 0 saturated carbocycles. The quantitative estimate of drug-likeness (QED) is 0.554. The summed E-state index contributed by atoms with van der Waals surface area (Å²) in [6.45, 7) is 4.22. The molecule has 0 saturated heterocycles. The van der Waals surface area contributed by atoms with Crippen LogP contribution in [0.2, 0.25) is 0 Å². The molecule has 0 amide bonds. The molecule has 0 aliphatic rings. The molecule has 0 atom stereocenters. The van der Waals surface area contributed by atoms with E-state index >= 15 is 0 Å². The normalized spacial score (nSPS) is 11.3. The largest absolute Gasteiger partial charge is 0.115 e. The minimum absolute atomic E-state index is 0.941. The minimum Gasteiger partial charge on any atom is -0.115 e. The van der Waals surface area contributed by atoms with Crippen molar-refractivity contribution in [1.29, 1.82) is 0 Å². The van der Waals surface area contributed by atoms with E-state index in [9.17, 15) is 0 Å². The Hall–Kier alpha value is -1.14. The number of terminal acetylenes is 2. The van der Waals surface area contributed by atoms with Crippen LogP contribution in [0.1, 0.15) is 39.5 Å². The van der Waals surface area contributed by atoms with Crippen LogP contribution in [0, 0.1) is 24.7 Å². The second kappa shape index (κ2) is 6.56. The number of hydrogen-bond donors (Lipinski definition) is 0. The van der Waals surface area contributed by atoms with Crippen LogP contribution in [0.3, 0.4) is 0 Å². The van der Waals surface area contributed by atoms with E-state index in [-0.39, 0.29) is 0 Å².